The number of carbonyl (C=O) groups excluding carboxylic acids is 1. The van der Waals surface area contributed by atoms with E-state index in [-0.39, 0.29) is 18.6 Å². The summed E-state index contributed by atoms with van der Waals surface area (Å²) in [6, 6.07) is 9.89. The minimum Gasteiger partial charge on any atom is -0.459 e. The molecule has 0 amide bonds. The molecule has 1 atom stereocenters. The molecule has 0 saturated carbocycles. The fourth-order valence-electron chi connectivity index (χ4n) is 1.71. The predicted molar refractivity (Wildman–Crippen MR) is 74.9 cm³/mol. The van der Waals surface area contributed by atoms with Crippen LogP contribution in [0, 0.1) is 0 Å². The number of benzene rings is 1. The number of esters is 1. The molecule has 1 aromatic carbocycles. The summed E-state index contributed by atoms with van der Waals surface area (Å²) in [5.41, 5.74) is 0.635. The average Bonchev–Trinajstić information content (AvgIpc) is 2.33. The molecule has 0 heterocycles. The van der Waals surface area contributed by atoms with Crippen molar-refractivity contribution in [2.24, 2.45) is 0 Å². The first-order valence-corrected chi connectivity index (χ1v) is 6.41. The molecule has 0 aromatic heterocycles. The lowest BCUT2D eigenvalue weighted by molar-refractivity contribution is -0.153. The van der Waals surface area contributed by atoms with Gasteiger partial charge in [0, 0.05) is 7.11 Å². The topological polar surface area (TPSA) is 47.6 Å². The van der Waals surface area contributed by atoms with Crippen LogP contribution in [-0.2, 0) is 14.3 Å². The van der Waals surface area contributed by atoms with E-state index in [4.69, 9.17) is 9.47 Å². The predicted octanol–water partition coefficient (Wildman–Crippen LogP) is 2.31. The monoisotopic (exact) mass is 265 g/mol. The largest absolute Gasteiger partial charge is 0.459 e. The lowest BCUT2D eigenvalue weighted by Crippen LogP contribution is -2.34. The van der Waals surface area contributed by atoms with Crippen LogP contribution >= 0.6 is 0 Å². The Bertz CT molecular complexity index is 384. The molecule has 4 heteroatoms. The summed E-state index contributed by atoms with van der Waals surface area (Å²) in [6.07, 6.45) is 0. The number of nitrogens with one attached hydrogen (secondary N) is 1. The number of ether oxygens (including phenoxy) is 2. The van der Waals surface area contributed by atoms with Crippen LogP contribution in [0.15, 0.2) is 30.3 Å². The number of rotatable bonds is 6. The van der Waals surface area contributed by atoms with Gasteiger partial charge in [-0.2, -0.15) is 0 Å². The van der Waals surface area contributed by atoms with Crippen molar-refractivity contribution in [1.82, 2.24) is 5.32 Å². The van der Waals surface area contributed by atoms with Gasteiger partial charge in [-0.3, -0.25) is 10.1 Å². The van der Waals surface area contributed by atoms with Crippen molar-refractivity contribution in [3.8, 4) is 0 Å². The van der Waals surface area contributed by atoms with E-state index in [2.05, 4.69) is 5.32 Å². The van der Waals surface area contributed by atoms with E-state index in [0.717, 1.165) is 5.56 Å². The second kappa shape index (κ2) is 7.26. The van der Waals surface area contributed by atoms with Gasteiger partial charge >= 0.3 is 5.97 Å². The number of hydrogen-bond acceptors (Lipinski definition) is 4. The van der Waals surface area contributed by atoms with E-state index in [1.807, 2.05) is 51.1 Å². The van der Waals surface area contributed by atoms with Crippen LogP contribution in [0.1, 0.15) is 32.4 Å². The molecule has 106 valence electrons. The Hall–Kier alpha value is -1.39. The van der Waals surface area contributed by atoms with Crippen LogP contribution in [0.2, 0.25) is 0 Å². The Morgan fingerprint density at radius 2 is 1.89 bits per heavy atom. The molecule has 0 aliphatic carbocycles. The highest BCUT2D eigenvalue weighted by Crippen LogP contribution is 2.13. The van der Waals surface area contributed by atoms with Crippen LogP contribution < -0.4 is 5.32 Å². The van der Waals surface area contributed by atoms with Crippen molar-refractivity contribution in [2.45, 2.75) is 32.4 Å². The second-order valence-electron chi connectivity index (χ2n) is 5.39. The molecule has 1 unspecified atom stereocenters. The van der Waals surface area contributed by atoms with Gasteiger partial charge in [-0.25, -0.2) is 0 Å². The van der Waals surface area contributed by atoms with Gasteiger partial charge in [0.05, 0.1) is 19.2 Å². The summed E-state index contributed by atoms with van der Waals surface area (Å²) in [6.45, 7) is 6.24. The molecule has 1 aromatic rings. The molecule has 0 saturated heterocycles. The molecule has 1 N–H and O–H groups in total. The number of carbonyl (C=O) groups is 1. The van der Waals surface area contributed by atoms with E-state index in [1.54, 1.807) is 7.11 Å². The van der Waals surface area contributed by atoms with Crippen LogP contribution in [0.25, 0.3) is 0 Å². The first kappa shape index (κ1) is 15.7. The Labute approximate surface area is 115 Å². The Kier molecular flexibility index (Phi) is 5.99. The normalized spacial score (nSPS) is 13.1. The van der Waals surface area contributed by atoms with E-state index in [9.17, 15) is 4.79 Å². The Balaban J connectivity index is 2.54. The van der Waals surface area contributed by atoms with Crippen LogP contribution in [-0.4, -0.2) is 31.8 Å². The van der Waals surface area contributed by atoms with E-state index in [1.165, 1.54) is 0 Å². The summed E-state index contributed by atoms with van der Waals surface area (Å²) in [5.74, 6) is -0.260. The van der Waals surface area contributed by atoms with Crippen molar-refractivity contribution in [3.63, 3.8) is 0 Å². The summed E-state index contributed by atoms with van der Waals surface area (Å²) in [4.78, 5) is 11.7. The fourth-order valence-corrected chi connectivity index (χ4v) is 1.71. The maximum atomic E-state index is 11.7. The van der Waals surface area contributed by atoms with Crippen molar-refractivity contribution in [3.05, 3.63) is 35.9 Å². The van der Waals surface area contributed by atoms with Crippen LogP contribution in [0.5, 0.6) is 0 Å². The third-order valence-electron chi connectivity index (χ3n) is 2.45. The zero-order valence-corrected chi connectivity index (χ0v) is 12.1. The van der Waals surface area contributed by atoms with E-state index >= 15 is 0 Å². The highest BCUT2D eigenvalue weighted by atomic mass is 16.6. The van der Waals surface area contributed by atoms with E-state index in [0.29, 0.717) is 6.61 Å². The molecule has 0 aliphatic heterocycles. The smallest absolute Gasteiger partial charge is 0.320 e. The van der Waals surface area contributed by atoms with Gasteiger partial charge < -0.3 is 9.47 Å². The minimum atomic E-state index is -0.456. The third kappa shape index (κ3) is 6.36. The van der Waals surface area contributed by atoms with Gasteiger partial charge in [0.25, 0.3) is 0 Å². The van der Waals surface area contributed by atoms with Crippen molar-refractivity contribution >= 4 is 5.97 Å². The van der Waals surface area contributed by atoms with Crippen molar-refractivity contribution in [1.29, 1.82) is 0 Å². The number of methoxy groups -OCH3 is 1. The number of hydrogen-bond donors (Lipinski definition) is 1. The van der Waals surface area contributed by atoms with Crippen LogP contribution in [0.4, 0.5) is 0 Å². The zero-order valence-electron chi connectivity index (χ0n) is 12.1. The second-order valence-corrected chi connectivity index (χ2v) is 5.39. The minimum absolute atomic E-state index is 0.0151. The maximum absolute atomic E-state index is 11.7. The molecule has 19 heavy (non-hydrogen) atoms. The highest BCUT2D eigenvalue weighted by molar-refractivity contribution is 5.72. The third-order valence-corrected chi connectivity index (χ3v) is 2.45. The quantitative estimate of drug-likeness (QED) is 0.802. The molecule has 0 fully saturated rings. The molecule has 0 bridgehead atoms. The Morgan fingerprint density at radius 1 is 1.26 bits per heavy atom. The fraction of sp³-hybridized carbons (Fsp3) is 0.533. The highest BCUT2D eigenvalue weighted by Gasteiger charge is 2.18. The molecule has 0 radical (unpaired) electrons. The SMILES string of the molecule is COCC(NCC(=O)OC(C)(C)C)c1ccccc1. The maximum Gasteiger partial charge on any atom is 0.320 e. The first-order chi connectivity index (χ1) is 8.92. The standard InChI is InChI=1S/C15H23NO3/c1-15(2,3)19-14(17)10-16-13(11-18-4)12-8-6-5-7-9-12/h5-9,13,16H,10-11H2,1-4H3. The van der Waals surface area contributed by atoms with Gasteiger partial charge in [-0.15, -0.1) is 0 Å². The van der Waals surface area contributed by atoms with Crippen molar-refractivity contribution in [2.75, 3.05) is 20.3 Å². The van der Waals surface area contributed by atoms with Gasteiger partial charge in [-0.1, -0.05) is 30.3 Å². The first-order valence-electron chi connectivity index (χ1n) is 6.41. The summed E-state index contributed by atoms with van der Waals surface area (Å²) >= 11 is 0. The molecule has 1 rings (SSSR count). The zero-order chi connectivity index (χ0) is 14.3. The Morgan fingerprint density at radius 3 is 2.42 bits per heavy atom. The van der Waals surface area contributed by atoms with Gasteiger partial charge in [0.15, 0.2) is 0 Å². The lowest BCUT2D eigenvalue weighted by atomic mass is 10.1. The summed E-state index contributed by atoms with van der Waals surface area (Å²) in [7, 11) is 1.64. The van der Waals surface area contributed by atoms with Gasteiger partial charge in [0.2, 0.25) is 0 Å². The summed E-state index contributed by atoms with van der Waals surface area (Å²) < 4.78 is 10.4. The van der Waals surface area contributed by atoms with Gasteiger partial charge in [0.1, 0.15) is 5.60 Å². The van der Waals surface area contributed by atoms with Crippen LogP contribution in [0.3, 0.4) is 0 Å². The molecule has 0 aliphatic rings. The average molecular weight is 265 g/mol. The summed E-state index contributed by atoms with van der Waals surface area (Å²) in [5, 5.41) is 3.16. The van der Waals surface area contributed by atoms with E-state index < -0.39 is 5.60 Å². The molecule has 4 nitrogen and oxygen atoms in total. The molecular formula is C15H23NO3. The van der Waals surface area contributed by atoms with Gasteiger partial charge in [-0.05, 0) is 26.3 Å². The molecule has 0 spiro atoms. The lowest BCUT2D eigenvalue weighted by Gasteiger charge is -2.22. The van der Waals surface area contributed by atoms with Crippen molar-refractivity contribution < 1.29 is 14.3 Å². The molecular weight excluding hydrogens is 242 g/mol.